The Labute approximate surface area is 107 Å². The van der Waals surface area contributed by atoms with Gasteiger partial charge in [0.2, 0.25) is 0 Å². The molecule has 0 saturated heterocycles. The summed E-state index contributed by atoms with van der Waals surface area (Å²) in [4.78, 5) is 14.8. The Morgan fingerprint density at radius 3 is 2.61 bits per heavy atom. The van der Waals surface area contributed by atoms with Gasteiger partial charge in [-0.3, -0.25) is 4.57 Å². The molecule has 0 aliphatic heterocycles. The van der Waals surface area contributed by atoms with Crippen molar-refractivity contribution in [2.24, 2.45) is 5.73 Å². The van der Waals surface area contributed by atoms with E-state index in [4.69, 9.17) is 5.73 Å². The summed E-state index contributed by atoms with van der Waals surface area (Å²) < 4.78 is 1.77. The third-order valence-corrected chi connectivity index (χ3v) is 2.96. The number of fused-ring (bicyclic) bond motifs is 1. The standard InChI is InChI=1S/C14H21N3O/c1-9(2)17-12-6-5-10(8-14(3,4)15)7-11(12)16-13(17)18/h5-7,9H,8,15H2,1-4H3,(H,16,18). The zero-order valence-corrected chi connectivity index (χ0v) is 11.4. The van der Waals surface area contributed by atoms with Crippen LogP contribution in [0.2, 0.25) is 0 Å². The Balaban J connectivity index is 2.51. The first-order chi connectivity index (χ1) is 8.28. The van der Waals surface area contributed by atoms with Crippen LogP contribution in [0.25, 0.3) is 11.0 Å². The van der Waals surface area contributed by atoms with E-state index >= 15 is 0 Å². The molecule has 0 atom stereocenters. The molecule has 98 valence electrons. The molecule has 2 aromatic rings. The van der Waals surface area contributed by atoms with Crippen LogP contribution in [0.3, 0.4) is 0 Å². The summed E-state index contributed by atoms with van der Waals surface area (Å²) in [5.74, 6) is 0. The molecule has 0 radical (unpaired) electrons. The maximum absolute atomic E-state index is 11.9. The van der Waals surface area contributed by atoms with Gasteiger partial charge in [-0.05, 0) is 51.8 Å². The Hall–Kier alpha value is -1.55. The highest BCUT2D eigenvalue weighted by atomic mass is 16.1. The number of hydrogen-bond donors (Lipinski definition) is 2. The number of H-pyrrole nitrogens is 1. The molecule has 4 heteroatoms. The Kier molecular flexibility index (Phi) is 3.07. The molecule has 0 saturated carbocycles. The van der Waals surface area contributed by atoms with Crippen molar-refractivity contribution in [2.75, 3.05) is 0 Å². The molecule has 0 amide bonds. The van der Waals surface area contributed by atoms with Crippen molar-refractivity contribution in [3.8, 4) is 0 Å². The van der Waals surface area contributed by atoms with Gasteiger partial charge in [0, 0.05) is 11.6 Å². The first kappa shape index (κ1) is 12.9. The van der Waals surface area contributed by atoms with Crippen molar-refractivity contribution >= 4 is 11.0 Å². The van der Waals surface area contributed by atoms with Crippen molar-refractivity contribution in [3.63, 3.8) is 0 Å². The quantitative estimate of drug-likeness (QED) is 0.873. The molecule has 0 aliphatic carbocycles. The zero-order chi connectivity index (χ0) is 13.5. The smallest absolute Gasteiger partial charge is 0.325 e. The summed E-state index contributed by atoms with van der Waals surface area (Å²) in [6, 6.07) is 6.21. The maximum Gasteiger partial charge on any atom is 0.326 e. The Bertz CT molecular complexity index is 614. The van der Waals surface area contributed by atoms with E-state index in [0.717, 1.165) is 23.0 Å². The summed E-state index contributed by atoms with van der Waals surface area (Å²) in [5, 5.41) is 0. The van der Waals surface area contributed by atoms with Crippen molar-refractivity contribution in [3.05, 3.63) is 34.2 Å². The van der Waals surface area contributed by atoms with Crippen LogP contribution in [-0.4, -0.2) is 15.1 Å². The lowest BCUT2D eigenvalue weighted by Crippen LogP contribution is -2.34. The molecule has 1 aromatic heterocycles. The normalized spacial score (nSPS) is 12.6. The van der Waals surface area contributed by atoms with E-state index in [2.05, 4.69) is 4.98 Å². The van der Waals surface area contributed by atoms with E-state index in [-0.39, 0.29) is 17.3 Å². The summed E-state index contributed by atoms with van der Waals surface area (Å²) in [6.07, 6.45) is 0.790. The van der Waals surface area contributed by atoms with Crippen LogP contribution in [-0.2, 0) is 6.42 Å². The Morgan fingerprint density at radius 1 is 1.39 bits per heavy atom. The van der Waals surface area contributed by atoms with Crippen LogP contribution >= 0.6 is 0 Å². The molecule has 0 aliphatic rings. The molecule has 2 rings (SSSR count). The first-order valence-corrected chi connectivity index (χ1v) is 6.30. The zero-order valence-electron chi connectivity index (χ0n) is 11.4. The molecule has 0 spiro atoms. The lowest BCUT2D eigenvalue weighted by atomic mass is 9.96. The van der Waals surface area contributed by atoms with Crippen LogP contribution in [0.1, 0.15) is 39.3 Å². The number of benzene rings is 1. The van der Waals surface area contributed by atoms with Gasteiger partial charge in [0.15, 0.2) is 0 Å². The number of rotatable bonds is 3. The number of nitrogens with one attached hydrogen (secondary N) is 1. The molecule has 4 nitrogen and oxygen atoms in total. The van der Waals surface area contributed by atoms with E-state index in [9.17, 15) is 4.79 Å². The predicted octanol–water partition coefficient (Wildman–Crippen LogP) is 2.19. The highest BCUT2D eigenvalue weighted by Crippen LogP contribution is 2.18. The van der Waals surface area contributed by atoms with Gasteiger partial charge in [-0.15, -0.1) is 0 Å². The minimum Gasteiger partial charge on any atom is -0.325 e. The van der Waals surface area contributed by atoms with E-state index in [1.807, 2.05) is 45.9 Å². The summed E-state index contributed by atoms with van der Waals surface area (Å²) in [6.45, 7) is 8.01. The highest BCUT2D eigenvalue weighted by molar-refractivity contribution is 5.76. The second-order valence-electron chi connectivity index (χ2n) is 5.91. The average Bonchev–Trinajstić information content (AvgIpc) is 2.50. The van der Waals surface area contributed by atoms with Crippen LogP contribution in [0.4, 0.5) is 0 Å². The monoisotopic (exact) mass is 247 g/mol. The molecule has 3 N–H and O–H groups in total. The molecule has 0 fully saturated rings. The van der Waals surface area contributed by atoms with Crippen molar-refractivity contribution in [1.82, 2.24) is 9.55 Å². The van der Waals surface area contributed by atoms with Crippen molar-refractivity contribution < 1.29 is 0 Å². The third-order valence-electron chi connectivity index (χ3n) is 2.96. The maximum atomic E-state index is 11.9. The van der Waals surface area contributed by atoms with Gasteiger partial charge < -0.3 is 10.7 Å². The first-order valence-electron chi connectivity index (χ1n) is 6.30. The van der Waals surface area contributed by atoms with E-state index in [1.165, 1.54) is 0 Å². The van der Waals surface area contributed by atoms with Crippen LogP contribution < -0.4 is 11.4 Å². The second-order valence-corrected chi connectivity index (χ2v) is 5.91. The number of imidazole rings is 1. The SMILES string of the molecule is CC(C)n1c(=O)[nH]c2cc(CC(C)(C)N)ccc21. The van der Waals surface area contributed by atoms with Crippen molar-refractivity contribution in [2.45, 2.75) is 45.7 Å². The fourth-order valence-corrected chi connectivity index (χ4v) is 2.33. The number of nitrogens with two attached hydrogens (primary N) is 1. The van der Waals surface area contributed by atoms with Gasteiger partial charge in [-0.25, -0.2) is 4.79 Å². The van der Waals surface area contributed by atoms with Crippen molar-refractivity contribution in [1.29, 1.82) is 0 Å². The minimum absolute atomic E-state index is 0.0517. The lowest BCUT2D eigenvalue weighted by Gasteiger charge is -2.18. The van der Waals surface area contributed by atoms with Gasteiger partial charge in [-0.2, -0.15) is 0 Å². The average molecular weight is 247 g/mol. The van der Waals surface area contributed by atoms with Crippen LogP contribution in [0, 0.1) is 0 Å². The van der Waals surface area contributed by atoms with E-state index in [1.54, 1.807) is 4.57 Å². The van der Waals surface area contributed by atoms with Crippen LogP contribution in [0.5, 0.6) is 0 Å². The number of hydrogen-bond acceptors (Lipinski definition) is 2. The van der Waals surface area contributed by atoms with Gasteiger partial charge in [-0.1, -0.05) is 6.07 Å². The van der Waals surface area contributed by atoms with Gasteiger partial charge >= 0.3 is 5.69 Å². The minimum atomic E-state index is -0.241. The van der Waals surface area contributed by atoms with Crippen LogP contribution in [0.15, 0.2) is 23.0 Å². The molecule has 1 aromatic carbocycles. The van der Waals surface area contributed by atoms with E-state index < -0.39 is 0 Å². The molecule has 18 heavy (non-hydrogen) atoms. The fourth-order valence-electron chi connectivity index (χ4n) is 2.33. The number of aromatic nitrogens is 2. The summed E-state index contributed by atoms with van der Waals surface area (Å²) in [5.41, 5.74) is 8.71. The molecule has 1 heterocycles. The lowest BCUT2D eigenvalue weighted by molar-refractivity contribution is 0.517. The molecule has 0 bridgehead atoms. The second kappa shape index (κ2) is 4.28. The summed E-state index contributed by atoms with van der Waals surface area (Å²) >= 11 is 0. The third kappa shape index (κ3) is 2.48. The molecular weight excluding hydrogens is 226 g/mol. The number of nitrogens with zero attached hydrogens (tertiary/aromatic N) is 1. The predicted molar refractivity (Wildman–Crippen MR) is 74.9 cm³/mol. The molecule has 0 unspecified atom stereocenters. The van der Waals surface area contributed by atoms with Gasteiger partial charge in [0.05, 0.1) is 11.0 Å². The fraction of sp³-hybridized carbons (Fsp3) is 0.500. The van der Waals surface area contributed by atoms with Gasteiger partial charge in [0.25, 0.3) is 0 Å². The molecular formula is C14H21N3O. The highest BCUT2D eigenvalue weighted by Gasteiger charge is 2.14. The number of aromatic amines is 1. The summed E-state index contributed by atoms with van der Waals surface area (Å²) in [7, 11) is 0. The largest absolute Gasteiger partial charge is 0.326 e. The Morgan fingerprint density at radius 2 is 2.06 bits per heavy atom. The van der Waals surface area contributed by atoms with Gasteiger partial charge in [0.1, 0.15) is 0 Å². The van der Waals surface area contributed by atoms with E-state index in [0.29, 0.717) is 0 Å². The topological polar surface area (TPSA) is 63.8 Å².